The van der Waals surface area contributed by atoms with E-state index in [9.17, 15) is 4.79 Å². The summed E-state index contributed by atoms with van der Waals surface area (Å²) in [6.45, 7) is 1.97. The lowest BCUT2D eigenvalue weighted by atomic mass is 10.1. The largest absolute Gasteiger partial charge is 0.480 e. The van der Waals surface area contributed by atoms with Crippen LogP contribution in [0.5, 0.6) is 0 Å². The zero-order valence-electron chi connectivity index (χ0n) is 8.23. The normalized spacial score (nSPS) is 12.1. The van der Waals surface area contributed by atoms with E-state index >= 15 is 0 Å². The molecule has 3 heteroatoms. The van der Waals surface area contributed by atoms with Gasteiger partial charge in [-0.1, -0.05) is 31.5 Å². The molecule has 0 bridgehead atoms. The lowest BCUT2D eigenvalue weighted by Gasteiger charge is -2.14. The number of carboxylic acid groups (broad SMARTS) is 1. The van der Waals surface area contributed by atoms with Crippen LogP contribution in [0.15, 0.2) is 30.3 Å². The van der Waals surface area contributed by atoms with Crippen molar-refractivity contribution >= 4 is 11.7 Å². The molecule has 1 unspecified atom stereocenters. The van der Waals surface area contributed by atoms with Crippen LogP contribution in [0.25, 0.3) is 0 Å². The summed E-state index contributed by atoms with van der Waals surface area (Å²) in [7, 11) is 0. The highest BCUT2D eigenvalue weighted by Gasteiger charge is 2.14. The third-order valence-electron chi connectivity index (χ3n) is 1.99. The summed E-state index contributed by atoms with van der Waals surface area (Å²) < 4.78 is 0. The van der Waals surface area contributed by atoms with Crippen LogP contribution in [0, 0.1) is 0 Å². The van der Waals surface area contributed by atoms with Gasteiger partial charge >= 0.3 is 5.97 Å². The van der Waals surface area contributed by atoms with E-state index in [1.807, 2.05) is 37.3 Å². The van der Waals surface area contributed by atoms with Crippen molar-refractivity contribution in [1.29, 1.82) is 0 Å². The van der Waals surface area contributed by atoms with E-state index in [4.69, 9.17) is 5.11 Å². The van der Waals surface area contributed by atoms with Crippen molar-refractivity contribution in [3.63, 3.8) is 0 Å². The number of nitrogens with one attached hydrogen (secondary N) is 1. The van der Waals surface area contributed by atoms with Crippen molar-refractivity contribution in [1.82, 2.24) is 0 Å². The van der Waals surface area contributed by atoms with Gasteiger partial charge in [-0.3, -0.25) is 0 Å². The molecule has 14 heavy (non-hydrogen) atoms. The molecule has 0 aliphatic rings. The van der Waals surface area contributed by atoms with Gasteiger partial charge in [-0.05, 0) is 18.6 Å². The molecule has 2 N–H and O–H groups in total. The van der Waals surface area contributed by atoms with E-state index in [-0.39, 0.29) is 0 Å². The zero-order valence-corrected chi connectivity index (χ0v) is 8.23. The number of hydrogen-bond acceptors (Lipinski definition) is 2. The number of anilines is 1. The SMILES string of the molecule is CCCC(Nc1ccccc1)C(=O)O. The first-order chi connectivity index (χ1) is 6.74. The number of carbonyl (C=O) groups is 1. The number of carboxylic acids is 1. The van der Waals surface area contributed by atoms with Gasteiger partial charge in [0.15, 0.2) is 0 Å². The van der Waals surface area contributed by atoms with Gasteiger partial charge < -0.3 is 10.4 Å². The molecule has 0 radical (unpaired) electrons. The molecule has 0 spiro atoms. The number of benzene rings is 1. The van der Waals surface area contributed by atoms with Gasteiger partial charge in [-0.2, -0.15) is 0 Å². The lowest BCUT2D eigenvalue weighted by molar-refractivity contribution is -0.138. The molecule has 1 aromatic carbocycles. The van der Waals surface area contributed by atoms with E-state index < -0.39 is 12.0 Å². The van der Waals surface area contributed by atoms with Crippen molar-refractivity contribution in [3.8, 4) is 0 Å². The maximum atomic E-state index is 10.8. The van der Waals surface area contributed by atoms with Gasteiger partial charge in [0.25, 0.3) is 0 Å². The second-order valence-corrected chi connectivity index (χ2v) is 3.19. The summed E-state index contributed by atoms with van der Waals surface area (Å²) in [4.78, 5) is 10.8. The minimum Gasteiger partial charge on any atom is -0.480 e. The van der Waals surface area contributed by atoms with Crippen molar-refractivity contribution in [2.75, 3.05) is 5.32 Å². The van der Waals surface area contributed by atoms with Gasteiger partial charge in [0, 0.05) is 5.69 Å². The fourth-order valence-electron chi connectivity index (χ4n) is 1.28. The predicted octanol–water partition coefficient (Wildman–Crippen LogP) is 2.35. The lowest BCUT2D eigenvalue weighted by Crippen LogP contribution is -2.28. The maximum Gasteiger partial charge on any atom is 0.326 e. The van der Waals surface area contributed by atoms with E-state index in [1.54, 1.807) is 0 Å². The molecule has 0 heterocycles. The van der Waals surface area contributed by atoms with Crippen molar-refractivity contribution in [3.05, 3.63) is 30.3 Å². The van der Waals surface area contributed by atoms with Gasteiger partial charge in [0.1, 0.15) is 6.04 Å². The van der Waals surface area contributed by atoms with Crippen molar-refractivity contribution in [2.24, 2.45) is 0 Å². The number of aliphatic carboxylic acids is 1. The fraction of sp³-hybridized carbons (Fsp3) is 0.364. The molecule has 0 fully saturated rings. The van der Waals surface area contributed by atoms with Crippen LogP contribution in [-0.4, -0.2) is 17.1 Å². The van der Waals surface area contributed by atoms with Crippen LogP contribution >= 0.6 is 0 Å². The van der Waals surface area contributed by atoms with E-state index in [2.05, 4.69) is 5.32 Å². The summed E-state index contributed by atoms with van der Waals surface area (Å²) in [6.07, 6.45) is 1.50. The molecule has 0 aromatic heterocycles. The van der Waals surface area contributed by atoms with Gasteiger partial charge in [0.2, 0.25) is 0 Å². The smallest absolute Gasteiger partial charge is 0.326 e. The van der Waals surface area contributed by atoms with Crippen LogP contribution in [0.1, 0.15) is 19.8 Å². The van der Waals surface area contributed by atoms with Crippen LogP contribution in [0.4, 0.5) is 5.69 Å². The highest BCUT2D eigenvalue weighted by atomic mass is 16.4. The Hall–Kier alpha value is -1.51. The van der Waals surface area contributed by atoms with E-state index in [0.29, 0.717) is 6.42 Å². The molecule has 1 aromatic rings. The minimum absolute atomic E-state index is 0.484. The Bertz CT molecular complexity index is 285. The topological polar surface area (TPSA) is 49.3 Å². The van der Waals surface area contributed by atoms with Crippen LogP contribution in [0.3, 0.4) is 0 Å². The molecular weight excluding hydrogens is 178 g/mol. The Morgan fingerprint density at radius 3 is 2.57 bits per heavy atom. The number of hydrogen-bond donors (Lipinski definition) is 2. The average molecular weight is 193 g/mol. The molecular formula is C11H15NO2. The van der Waals surface area contributed by atoms with Gasteiger partial charge in [-0.15, -0.1) is 0 Å². The molecule has 0 aliphatic heterocycles. The van der Waals surface area contributed by atoms with Crippen LogP contribution < -0.4 is 5.32 Å². The summed E-state index contributed by atoms with van der Waals surface area (Å²) in [6, 6.07) is 8.92. The van der Waals surface area contributed by atoms with Crippen molar-refractivity contribution in [2.45, 2.75) is 25.8 Å². The summed E-state index contributed by atoms with van der Waals surface area (Å²) in [5.74, 6) is -0.796. The molecule has 0 saturated heterocycles. The fourth-order valence-corrected chi connectivity index (χ4v) is 1.28. The zero-order chi connectivity index (χ0) is 10.4. The van der Waals surface area contributed by atoms with Crippen LogP contribution in [0.2, 0.25) is 0 Å². The first-order valence-corrected chi connectivity index (χ1v) is 4.78. The van der Waals surface area contributed by atoms with Gasteiger partial charge in [0.05, 0.1) is 0 Å². The summed E-state index contributed by atoms with van der Waals surface area (Å²) in [5.41, 5.74) is 0.855. The Morgan fingerprint density at radius 2 is 2.07 bits per heavy atom. The highest BCUT2D eigenvalue weighted by Crippen LogP contribution is 2.10. The molecule has 1 atom stereocenters. The van der Waals surface area contributed by atoms with Gasteiger partial charge in [-0.25, -0.2) is 4.79 Å². The monoisotopic (exact) mass is 193 g/mol. The second kappa shape index (κ2) is 5.27. The molecule has 0 saturated carbocycles. The molecule has 3 nitrogen and oxygen atoms in total. The van der Waals surface area contributed by atoms with Crippen LogP contribution in [-0.2, 0) is 4.79 Å². The third-order valence-corrected chi connectivity index (χ3v) is 1.99. The quantitative estimate of drug-likeness (QED) is 0.754. The predicted molar refractivity (Wildman–Crippen MR) is 56.4 cm³/mol. The second-order valence-electron chi connectivity index (χ2n) is 3.19. The minimum atomic E-state index is -0.796. The maximum absolute atomic E-state index is 10.8. The number of para-hydroxylation sites is 1. The Kier molecular flexibility index (Phi) is 3.98. The Morgan fingerprint density at radius 1 is 1.43 bits per heavy atom. The summed E-state index contributed by atoms with van der Waals surface area (Å²) >= 11 is 0. The summed E-state index contributed by atoms with van der Waals surface area (Å²) in [5, 5.41) is 11.9. The Balaban J connectivity index is 2.60. The average Bonchev–Trinajstić information content (AvgIpc) is 2.18. The molecule has 0 amide bonds. The standard InChI is InChI=1S/C11H15NO2/c1-2-6-10(11(13)14)12-9-7-4-3-5-8-9/h3-5,7-8,10,12H,2,6H2,1H3,(H,13,14). The van der Waals surface area contributed by atoms with E-state index in [0.717, 1.165) is 12.1 Å². The highest BCUT2D eigenvalue weighted by molar-refractivity contribution is 5.77. The first-order valence-electron chi connectivity index (χ1n) is 4.78. The molecule has 0 aliphatic carbocycles. The van der Waals surface area contributed by atoms with Crippen molar-refractivity contribution < 1.29 is 9.90 Å². The van der Waals surface area contributed by atoms with E-state index in [1.165, 1.54) is 0 Å². The Labute approximate surface area is 83.8 Å². The first kappa shape index (κ1) is 10.6. The number of rotatable bonds is 5. The third kappa shape index (κ3) is 3.09. The molecule has 76 valence electrons. The molecule has 1 rings (SSSR count).